The number of ether oxygens (including phenoxy) is 1. The van der Waals surface area contributed by atoms with Crippen molar-refractivity contribution in [3.8, 4) is 6.01 Å². The number of anilines is 2. The molecule has 25 heavy (non-hydrogen) atoms. The van der Waals surface area contributed by atoms with Crippen molar-refractivity contribution in [1.29, 1.82) is 0 Å². The van der Waals surface area contributed by atoms with Crippen LogP contribution in [0, 0.1) is 0 Å². The summed E-state index contributed by atoms with van der Waals surface area (Å²) in [6, 6.07) is 0.373. The monoisotopic (exact) mass is 341 g/mol. The van der Waals surface area contributed by atoms with Crippen LogP contribution in [0.4, 0.5) is 11.9 Å². The van der Waals surface area contributed by atoms with Crippen LogP contribution >= 0.6 is 0 Å². The van der Waals surface area contributed by atoms with Gasteiger partial charge in [-0.15, -0.1) is 0 Å². The van der Waals surface area contributed by atoms with E-state index in [0.29, 0.717) is 18.5 Å². The summed E-state index contributed by atoms with van der Waals surface area (Å²) in [6.45, 7) is 3.50. The van der Waals surface area contributed by atoms with Crippen LogP contribution in [-0.2, 0) is 13.0 Å². The number of rotatable bonds is 3. The standard InChI is InChI=1S/C17H23N7O/c1-25-17-21-15(23-7-4-2-3-5-8-23)20-16(22-17)24-9-6-13-10-18-12-19-14(13)11-24/h10,12H,2-9,11H2,1H3. The molecular formula is C17H23N7O. The van der Waals surface area contributed by atoms with Crippen LogP contribution in [0.1, 0.15) is 36.9 Å². The van der Waals surface area contributed by atoms with Crippen molar-refractivity contribution in [3.63, 3.8) is 0 Å². The predicted octanol–water partition coefficient (Wildman–Crippen LogP) is 1.61. The molecule has 0 aliphatic carbocycles. The lowest BCUT2D eigenvalue weighted by atomic mass is 10.1. The average Bonchev–Trinajstić information content (AvgIpc) is 2.97. The number of hydrogen-bond donors (Lipinski definition) is 0. The number of hydrogen-bond acceptors (Lipinski definition) is 8. The summed E-state index contributed by atoms with van der Waals surface area (Å²) in [5.41, 5.74) is 2.24. The fourth-order valence-electron chi connectivity index (χ4n) is 3.40. The van der Waals surface area contributed by atoms with E-state index in [4.69, 9.17) is 9.72 Å². The largest absolute Gasteiger partial charge is 0.467 e. The molecule has 0 amide bonds. The second-order valence-electron chi connectivity index (χ2n) is 6.49. The van der Waals surface area contributed by atoms with Crippen molar-refractivity contribution in [2.75, 3.05) is 36.5 Å². The normalized spacial score (nSPS) is 17.8. The smallest absolute Gasteiger partial charge is 0.322 e. The Labute approximate surface area is 147 Å². The van der Waals surface area contributed by atoms with Gasteiger partial charge in [0.25, 0.3) is 0 Å². The molecule has 0 N–H and O–H groups in total. The van der Waals surface area contributed by atoms with E-state index in [1.54, 1.807) is 13.4 Å². The third-order valence-corrected chi connectivity index (χ3v) is 4.82. The van der Waals surface area contributed by atoms with Crippen LogP contribution in [0.2, 0.25) is 0 Å². The maximum atomic E-state index is 5.34. The minimum absolute atomic E-state index is 0.373. The Bertz CT molecular complexity index is 731. The van der Waals surface area contributed by atoms with Gasteiger partial charge in [-0.25, -0.2) is 9.97 Å². The Kier molecular flexibility index (Phi) is 4.58. The maximum Gasteiger partial charge on any atom is 0.322 e. The zero-order chi connectivity index (χ0) is 17.1. The molecule has 0 radical (unpaired) electrons. The Morgan fingerprint density at radius 1 is 0.920 bits per heavy atom. The second-order valence-corrected chi connectivity index (χ2v) is 6.49. The third-order valence-electron chi connectivity index (χ3n) is 4.82. The first-order valence-electron chi connectivity index (χ1n) is 8.91. The molecule has 4 rings (SSSR count). The van der Waals surface area contributed by atoms with Crippen molar-refractivity contribution in [2.45, 2.75) is 38.6 Å². The molecule has 0 saturated carbocycles. The highest BCUT2D eigenvalue weighted by molar-refractivity contribution is 5.42. The Morgan fingerprint density at radius 2 is 1.68 bits per heavy atom. The lowest BCUT2D eigenvalue weighted by molar-refractivity contribution is 0.377. The zero-order valence-corrected chi connectivity index (χ0v) is 14.6. The van der Waals surface area contributed by atoms with E-state index in [1.165, 1.54) is 31.2 Å². The summed E-state index contributed by atoms with van der Waals surface area (Å²) in [6.07, 6.45) is 9.29. The third kappa shape index (κ3) is 3.47. The molecule has 0 bridgehead atoms. The number of methoxy groups -OCH3 is 1. The van der Waals surface area contributed by atoms with Crippen LogP contribution in [0.25, 0.3) is 0 Å². The maximum absolute atomic E-state index is 5.34. The van der Waals surface area contributed by atoms with Crippen LogP contribution in [0.15, 0.2) is 12.5 Å². The van der Waals surface area contributed by atoms with Gasteiger partial charge in [-0.1, -0.05) is 12.8 Å². The van der Waals surface area contributed by atoms with Crippen LogP contribution < -0.4 is 14.5 Å². The van der Waals surface area contributed by atoms with Crippen molar-refractivity contribution >= 4 is 11.9 Å². The Hall–Kier alpha value is -2.51. The first kappa shape index (κ1) is 16.0. The van der Waals surface area contributed by atoms with E-state index in [0.717, 1.165) is 37.7 Å². The van der Waals surface area contributed by atoms with Crippen molar-refractivity contribution in [1.82, 2.24) is 24.9 Å². The van der Waals surface area contributed by atoms with Gasteiger partial charge in [0.1, 0.15) is 6.33 Å². The van der Waals surface area contributed by atoms with Crippen molar-refractivity contribution < 1.29 is 4.74 Å². The van der Waals surface area contributed by atoms with Gasteiger partial charge >= 0.3 is 6.01 Å². The molecule has 1 saturated heterocycles. The van der Waals surface area contributed by atoms with Crippen LogP contribution in [0.5, 0.6) is 6.01 Å². The van der Waals surface area contributed by atoms with Gasteiger partial charge in [0.2, 0.25) is 11.9 Å². The summed E-state index contributed by atoms with van der Waals surface area (Å²) in [5, 5.41) is 0. The molecule has 0 unspecified atom stereocenters. The van der Waals surface area contributed by atoms with E-state index in [1.807, 2.05) is 6.20 Å². The molecule has 0 spiro atoms. The second kappa shape index (κ2) is 7.16. The number of nitrogens with zero attached hydrogens (tertiary/aromatic N) is 7. The summed E-state index contributed by atoms with van der Waals surface area (Å²) < 4.78 is 5.34. The highest BCUT2D eigenvalue weighted by Crippen LogP contribution is 2.24. The summed E-state index contributed by atoms with van der Waals surface area (Å²) in [4.78, 5) is 26.6. The Morgan fingerprint density at radius 3 is 2.44 bits per heavy atom. The highest BCUT2D eigenvalue weighted by Gasteiger charge is 2.23. The lowest BCUT2D eigenvalue weighted by Crippen LogP contribution is -2.34. The summed E-state index contributed by atoms with van der Waals surface area (Å²) in [7, 11) is 1.60. The topological polar surface area (TPSA) is 80.2 Å². The molecule has 0 atom stereocenters. The van der Waals surface area contributed by atoms with E-state index >= 15 is 0 Å². The fraction of sp³-hybridized carbons (Fsp3) is 0.588. The van der Waals surface area contributed by atoms with Gasteiger partial charge in [-0.2, -0.15) is 15.0 Å². The van der Waals surface area contributed by atoms with Gasteiger partial charge in [0, 0.05) is 25.8 Å². The molecule has 2 aliphatic heterocycles. The molecule has 2 aromatic heterocycles. The number of aromatic nitrogens is 5. The van der Waals surface area contributed by atoms with Crippen LogP contribution in [0.3, 0.4) is 0 Å². The molecule has 1 fully saturated rings. The summed E-state index contributed by atoms with van der Waals surface area (Å²) in [5.74, 6) is 1.38. The first-order valence-corrected chi connectivity index (χ1v) is 8.91. The highest BCUT2D eigenvalue weighted by atomic mass is 16.5. The van der Waals surface area contributed by atoms with E-state index < -0.39 is 0 Å². The minimum Gasteiger partial charge on any atom is -0.467 e. The quantitative estimate of drug-likeness (QED) is 0.833. The molecule has 2 aliphatic rings. The first-order chi connectivity index (χ1) is 12.3. The molecule has 4 heterocycles. The van der Waals surface area contributed by atoms with Crippen molar-refractivity contribution in [3.05, 3.63) is 23.8 Å². The van der Waals surface area contributed by atoms with Gasteiger partial charge in [0.15, 0.2) is 0 Å². The molecular weight excluding hydrogens is 318 g/mol. The molecule has 132 valence electrons. The van der Waals surface area contributed by atoms with Gasteiger partial charge in [0.05, 0.1) is 19.3 Å². The molecule has 0 aromatic carbocycles. The van der Waals surface area contributed by atoms with Gasteiger partial charge in [-0.05, 0) is 24.8 Å². The van der Waals surface area contributed by atoms with Crippen LogP contribution in [-0.4, -0.2) is 51.7 Å². The minimum atomic E-state index is 0.373. The zero-order valence-electron chi connectivity index (χ0n) is 14.6. The van der Waals surface area contributed by atoms with Gasteiger partial charge < -0.3 is 14.5 Å². The SMILES string of the molecule is COc1nc(N2CCCCCC2)nc(N2CCc3cncnc3C2)n1. The Balaban J connectivity index is 1.62. The average molecular weight is 341 g/mol. The fourth-order valence-corrected chi connectivity index (χ4v) is 3.40. The lowest BCUT2D eigenvalue weighted by Gasteiger charge is -2.29. The molecule has 8 nitrogen and oxygen atoms in total. The predicted molar refractivity (Wildman–Crippen MR) is 93.8 cm³/mol. The van der Waals surface area contributed by atoms with E-state index in [2.05, 4.69) is 29.7 Å². The summed E-state index contributed by atoms with van der Waals surface area (Å²) >= 11 is 0. The molecule has 8 heteroatoms. The molecule has 2 aromatic rings. The van der Waals surface area contributed by atoms with E-state index in [9.17, 15) is 0 Å². The number of fused-ring (bicyclic) bond motifs is 1. The van der Waals surface area contributed by atoms with Gasteiger partial charge in [-0.3, -0.25) is 0 Å². The van der Waals surface area contributed by atoms with Crippen molar-refractivity contribution in [2.24, 2.45) is 0 Å². The van der Waals surface area contributed by atoms with E-state index in [-0.39, 0.29) is 0 Å².